The molecule has 0 bridgehead atoms. The van der Waals surface area contributed by atoms with Crippen molar-refractivity contribution >= 4 is 72.3 Å². The molecule has 0 fully saturated rings. The maximum absolute atomic E-state index is 2.33. The van der Waals surface area contributed by atoms with Gasteiger partial charge in [0.05, 0.1) is 0 Å². The van der Waals surface area contributed by atoms with Crippen LogP contribution < -0.4 is 13.1 Å². The van der Waals surface area contributed by atoms with Gasteiger partial charge in [-0.2, -0.15) is 0 Å². The van der Waals surface area contributed by atoms with E-state index in [0.717, 1.165) is 0 Å². The SMILES string of the molecule is CC[As](CC)CC.CN(C)[As](N(C)C)N(C)C.C[As](C)C.c1ccc([As](c2ccccc2)c2ccccc2)cc1. The van der Waals surface area contributed by atoms with Crippen molar-refractivity contribution in [3.8, 4) is 0 Å². The Morgan fingerprint density at radius 3 is 0.800 bits per heavy atom. The van der Waals surface area contributed by atoms with E-state index in [1.165, 1.54) is 28.7 Å². The molecule has 0 saturated heterocycles. The number of hydrogen-bond acceptors (Lipinski definition) is 3. The van der Waals surface area contributed by atoms with Gasteiger partial charge in [-0.05, 0) is 0 Å². The van der Waals surface area contributed by atoms with Crippen LogP contribution in [-0.4, -0.2) is 113 Å². The Bertz CT molecular complexity index is 830. The molecule has 0 radical (unpaired) electrons. The van der Waals surface area contributed by atoms with E-state index in [1.54, 1.807) is 0 Å². The molecule has 0 N–H and O–H groups in total. The first kappa shape index (κ1) is 39.8. The topological polar surface area (TPSA) is 9.72 Å². The Balaban J connectivity index is 0.000000610. The van der Waals surface area contributed by atoms with Crippen molar-refractivity contribution in [2.24, 2.45) is 0 Å². The molecular weight excluding hydrogens is 738 g/mol. The van der Waals surface area contributed by atoms with E-state index >= 15 is 0 Å². The summed E-state index contributed by atoms with van der Waals surface area (Å²) in [5, 5.41) is 4.50. The maximum atomic E-state index is 2.33. The fourth-order valence-corrected chi connectivity index (χ4v) is 16.1. The zero-order chi connectivity index (χ0) is 30.5. The van der Waals surface area contributed by atoms with Gasteiger partial charge in [0.25, 0.3) is 0 Å². The molecule has 3 aromatic rings. The van der Waals surface area contributed by atoms with Gasteiger partial charge < -0.3 is 0 Å². The minimum absolute atomic E-state index is 0.188. The summed E-state index contributed by atoms with van der Waals surface area (Å²) >= 11 is -2.83. The Morgan fingerprint density at radius 2 is 0.675 bits per heavy atom. The van der Waals surface area contributed by atoms with Gasteiger partial charge in [0.2, 0.25) is 0 Å². The molecule has 0 aliphatic carbocycles. The second-order valence-corrected chi connectivity index (χ2v) is 33.4. The molecule has 0 saturated carbocycles. The Morgan fingerprint density at radius 1 is 0.450 bits per heavy atom. The van der Waals surface area contributed by atoms with Gasteiger partial charge >= 0.3 is 271 Å². The van der Waals surface area contributed by atoms with Crippen LogP contribution in [0.3, 0.4) is 0 Å². The number of hydrogen-bond donors (Lipinski definition) is 0. The van der Waals surface area contributed by atoms with Gasteiger partial charge in [0.15, 0.2) is 0 Å². The van der Waals surface area contributed by atoms with Gasteiger partial charge in [-0.3, -0.25) is 0 Å². The van der Waals surface area contributed by atoms with Crippen molar-refractivity contribution in [3.05, 3.63) is 91.0 Å². The molecule has 40 heavy (non-hydrogen) atoms. The fraction of sp³-hybridized carbons (Fsp3) is 0.455. The van der Waals surface area contributed by atoms with Gasteiger partial charge in [-0.25, -0.2) is 0 Å². The van der Waals surface area contributed by atoms with Crippen LogP contribution in [0.4, 0.5) is 0 Å². The van der Waals surface area contributed by atoms with E-state index in [4.69, 9.17) is 0 Å². The predicted octanol–water partition coefficient (Wildman–Crippen LogP) is 5.77. The summed E-state index contributed by atoms with van der Waals surface area (Å²) in [4.78, 5) is 0. The second-order valence-electron chi connectivity index (χ2n) is 10.1. The molecule has 224 valence electrons. The standard InChI is InChI=1S/C18H15As.C6H18AsN3.C6H15As.C3H9As/c1-4-10-16(11-5-1)19(17-12-6-2-7-13-17)18-14-8-3-9-15-18;1-8(2)7(9(3)4)10(5)6;1-4-7(5-2)6-3;1-4(2)3/h1-15H;1-6H3;4-6H2,1-3H3;1-3H3. The van der Waals surface area contributed by atoms with E-state index < -0.39 is 30.0 Å². The third kappa shape index (κ3) is 17.7. The fourth-order valence-electron chi connectivity index (χ4n) is 3.92. The Kier molecular flexibility index (Phi) is 24.1. The first-order valence-corrected chi connectivity index (χ1v) is 29.0. The molecule has 3 nitrogen and oxygen atoms in total. The van der Waals surface area contributed by atoms with Crippen LogP contribution in [0, 0.1) is 0 Å². The van der Waals surface area contributed by atoms with Crippen LogP contribution in [0.1, 0.15) is 20.8 Å². The van der Waals surface area contributed by atoms with Gasteiger partial charge in [-0.1, -0.05) is 0 Å². The van der Waals surface area contributed by atoms with Crippen molar-refractivity contribution in [1.29, 1.82) is 0 Å². The van der Waals surface area contributed by atoms with Crippen molar-refractivity contribution in [1.82, 2.24) is 11.5 Å². The van der Waals surface area contributed by atoms with E-state index in [0.29, 0.717) is 0 Å². The first-order chi connectivity index (χ1) is 19.0. The van der Waals surface area contributed by atoms with Crippen LogP contribution in [0.25, 0.3) is 0 Å². The summed E-state index contributed by atoms with van der Waals surface area (Å²) in [6.07, 6.45) is 0. The third-order valence-corrected chi connectivity index (χ3v) is 20.7. The molecular formula is C33H57As4N3. The number of benzene rings is 3. The first-order valence-electron chi connectivity index (χ1n) is 14.1. The molecule has 3 aromatic carbocycles. The van der Waals surface area contributed by atoms with Crippen LogP contribution in [0.2, 0.25) is 32.8 Å². The molecule has 0 unspecified atom stereocenters. The predicted molar refractivity (Wildman–Crippen MR) is 191 cm³/mol. The van der Waals surface area contributed by atoms with E-state index in [-0.39, 0.29) is 29.3 Å². The summed E-state index contributed by atoms with van der Waals surface area (Å²) in [6, 6.07) is 32.7. The minimum atomic E-state index is -1.39. The average Bonchev–Trinajstić information content (AvgIpc) is 2.91. The summed E-state index contributed by atoms with van der Waals surface area (Å²) < 4.78 is 11.4. The third-order valence-electron chi connectivity index (χ3n) is 5.46. The van der Waals surface area contributed by atoms with Crippen LogP contribution in [0.15, 0.2) is 91.0 Å². The van der Waals surface area contributed by atoms with Crippen molar-refractivity contribution in [3.63, 3.8) is 0 Å². The molecule has 0 heterocycles. The van der Waals surface area contributed by atoms with Crippen molar-refractivity contribution in [2.75, 3.05) is 42.3 Å². The second kappa shape index (κ2) is 24.2. The molecule has 0 atom stereocenters. The number of rotatable bonds is 9. The van der Waals surface area contributed by atoms with Gasteiger partial charge in [0, 0.05) is 0 Å². The van der Waals surface area contributed by atoms with Crippen LogP contribution in [0.5, 0.6) is 0 Å². The summed E-state index contributed by atoms with van der Waals surface area (Å²) in [6.45, 7) is 6.98. The zero-order valence-electron chi connectivity index (χ0n) is 27.4. The Labute approximate surface area is 268 Å². The van der Waals surface area contributed by atoms with Crippen molar-refractivity contribution in [2.45, 2.75) is 53.5 Å². The van der Waals surface area contributed by atoms with Crippen LogP contribution in [-0.2, 0) is 0 Å². The molecule has 0 aromatic heterocycles. The molecule has 0 aliphatic rings. The zero-order valence-corrected chi connectivity index (χ0v) is 34.9. The molecule has 7 heteroatoms. The number of nitrogens with zero attached hydrogens (tertiary/aromatic N) is 3. The molecule has 3 rings (SSSR count). The quantitative estimate of drug-likeness (QED) is 0.255. The average molecular weight is 796 g/mol. The van der Waals surface area contributed by atoms with Gasteiger partial charge in [0.1, 0.15) is 0 Å². The summed E-state index contributed by atoms with van der Waals surface area (Å²) in [5.41, 5.74) is 6.94. The molecule has 0 spiro atoms. The normalized spacial score (nSPS) is 10.9. The Hall–Kier alpha value is -0.226. The van der Waals surface area contributed by atoms with E-state index in [2.05, 4.69) is 183 Å². The molecule has 0 aliphatic heterocycles. The monoisotopic (exact) mass is 795 g/mol. The molecule has 0 amide bonds. The van der Waals surface area contributed by atoms with Crippen LogP contribution >= 0.6 is 0 Å². The van der Waals surface area contributed by atoms with E-state index in [9.17, 15) is 0 Å². The van der Waals surface area contributed by atoms with Crippen molar-refractivity contribution < 1.29 is 0 Å². The van der Waals surface area contributed by atoms with Gasteiger partial charge in [-0.15, -0.1) is 0 Å². The summed E-state index contributed by atoms with van der Waals surface area (Å²) in [7, 11) is 12.8. The summed E-state index contributed by atoms with van der Waals surface area (Å²) in [5.74, 6) is 0. The van der Waals surface area contributed by atoms with E-state index in [1.807, 2.05) is 0 Å².